The maximum atomic E-state index is 5.25. The van der Waals surface area contributed by atoms with Crippen LogP contribution < -0.4 is 0 Å². The topological polar surface area (TPSA) is 46.5 Å². The zero-order chi connectivity index (χ0) is 27.3. The minimum Gasteiger partial charge on any atom is -0.340 e. The van der Waals surface area contributed by atoms with E-state index in [0.717, 1.165) is 50.6 Å². The van der Waals surface area contributed by atoms with Crippen molar-refractivity contribution in [2.24, 2.45) is 0 Å². The van der Waals surface area contributed by atoms with Crippen LogP contribution in [0.1, 0.15) is 26.3 Å². The SMILES string of the molecule is CC(C)(C)c1cc(-c2ccccn2)cc(-c2ccc3ccn(-c4[nH]c(-c5ccccc5)c5ccccc45)c3n2)c1. The molecule has 0 aliphatic carbocycles. The molecule has 0 atom stereocenters. The lowest BCUT2D eigenvalue weighted by molar-refractivity contribution is 0.590. The Morgan fingerprint density at radius 3 is 2.12 bits per heavy atom. The molecule has 3 aromatic carbocycles. The number of nitrogens with zero attached hydrogens (tertiary/aromatic N) is 3. The predicted octanol–water partition coefficient (Wildman–Crippen LogP) is 9.20. The Kier molecular flexibility index (Phi) is 5.64. The number of aromatic amines is 1. The van der Waals surface area contributed by atoms with E-state index in [1.165, 1.54) is 16.3 Å². The second-order valence-electron chi connectivity index (χ2n) is 11.3. The zero-order valence-corrected chi connectivity index (χ0v) is 22.9. The van der Waals surface area contributed by atoms with Gasteiger partial charge in [-0.15, -0.1) is 0 Å². The third kappa shape index (κ3) is 4.18. The summed E-state index contributed by atoms with van der Waals surface area (Å²) in [5.41, 5.74) is 8.53. The highest BCUT2D eigenvalue weighted by atomic mass is 15.1. The fourth-order valence-electron chi connectivity index (χ4n) is 5.42. The Labute approximate surface area is 234 Å². The van der Waals surface area contributed by atoms with Crippen LogP contribution in [-0.4, -0.2) is 19.5 Å². The summed E-state index contributed by atoms with van der Waals surface area (Å²) < 4.78 is 2.18. The summed E-state index contributed by atoms with van der Waals surface area (Å²) >= 11 is 0. The fraction of sp³-hybridized carbons (Fsp3) is 0.111. The summed E-state index contributed by atoms with van der Waals surface area (Å²) in [4.78, 5) is 13.6. The monoisotopic (exact) mass is 518 g/mol. The number of benzene rings is 3. The molecule has 0 aliphatic rings. The number of hydrogen-bond donors (Lipinski definition) is 1. The van der Waals surface area contributed by atoms with Gasteiger partial charge in [0, 0.05) is 39.7 Å². The average molecular weight is 519 g/mol. The maximum absolute atomic E-state index is 5.25. The highest BCUT2D eigenvalue weighted by Gasteiger charge is 2.19. The maximum Gasteiger partial charge on any atom is 0.146 e. The number of pyridine rings is 2. The van der Waals surface area contributed by atoms with Gasteiger partial charge in [0.2, 0.25) is 0 Å². The van der Waals surface area contributed by atoms with Gasteiger partial charge in [0.1, 0.15) is 11.5 Å². The highest BCUT2D eigenvalue weighted by Crippen LogP contribution is 2.36. The number of H-pyrrole nitrogens is 1. The molecule has 194 valence electrons. The second-order valence-corrected chi connectivity index (χ2v) is 11.3. The molecule has 0 saturated heterocycles. The van der Waals surface area contributed by atoms with Gasteiger partial charge in [-0.1, -0.05) is 81.4 Å². The number of aromatic nitrogens is 4. The van der Waals surface area contributed by atoms with E-state index >= 15 is 0 Å². The molecular formula is C36H30N4. The van der Waals surface area contributed by atoms with E-state index in [4.69, 9.17) is 4.98 Å². The van der Waals surface area contributed by atoms with E-state index in [0.29, 0.717) is 0 Å². The van der Waals surface area contributed by atoms with E-state index in [-0.39, 0.29) is 5.41 Å². The Morgan fingerprint density at radius 1 is 0.650 bits per heavy atom. The van der Waals surface area contributed by atoms with Crippen molar-refractivity contribution in [1.82, 2.24) is 19.5 Å². The Hall–Kier alpha value is -4.96. The number of fused-ring (bicyclic) bond motifs is 2. The van der Waals surface area contributed by atoms with Crippen molar-refractivity contribution < 1.29 is 0 Å². The van der Waals surface area contributed by atoms with Gasteiger partial charge >= 0.3 is 0 Å². The summed E-state index contributed by atoms with van der Waals surface area (Å²) in [5.74, 6) is 1.02. The van der Waals surface area contributed by atoms with E-state index < -0.39 is 0 Å². The van der Waals surface area contributed by atoms with Crippen molar-refractivity contribution in [3.05, 3.63) is 127 Å². The lowest BCUT2D eigenvalue weighted by Crippen LogP contribution is -2.11. The van der Waals surface area contributed by atoms with Crippen LogP contribution >= 0.6 is 0 Å². The second kappa shape index (κ2) is 9.35. The van der Waals surface area contributed by atoms with Gasteiger partial charge in [-0.3, -0.25) is 9.55 Å². The predicted molar refractivity (Wildman–Crippen MR) is 166 cm³/mol. The molecule has 4 heterocycles. The third-order valence-corrected chi connectivity index (χ3v) is 7.59. The zero-order valence-electron chi connectivity index (χ0n) is 22.9. The molecule has 4 nitrogen and oxygen atoms in total. The van der Waals surface area contributed by atoms with Crippen molar-refractivity contribution in [1.29, 1.82) is 0 Å². The van der Waals surface area contributed by atoms with Crippen molar-refractivity contribution in [3.8, 4) is 39.6 Å². The van der Waals surface area contributed by atoms with Gasteiger partial charge in [-0.2, -0.15) is 0 Å². The quantitative estimate of drug-likeness (QED) is 0.252. The number of nitrogens with one attached hydrogen (secondary N) is 1. The van der Waals surface area contributed by atoms with Crippen LogP contribution in [0.3, 0.4) is 0 Å². The molecule has 7 rings (SSSR count). The smallest absolute Gasteiger partial charge is 0.146 e. The number of rotatable bonds is 4. The molecule has 40 heavy (non-hydrogen) atoms. The molecule has 0 bridgehead atoms. The summed E-state index contributed by atoms with van der Waals surface area (Å²) in [6.45, 7) is 6.74. The summed E-state index contributed by atoms with van der Waals surface area (Å²) in [7, 11) is 0. The highest BCUT2D eigenvalue weighted by molar-refractivity contribution is 6.01. The Balaban J connectivity index is 1.41. The Bertz CT molecular complexity index is 1970. The first-order chi connectivity index (χ1) is 19.5. The number of hydrogen-bond acceptors (Lipinski definition) is 2. The van der Waals surface area contributed by atoms with Crippen molar-refractivity contribution >= 4 is 21.8 Å². The normalized spacial score (nSPS) is 11.9. The minimum atomic E-state index is -0.0130. The molecule has 0 spiro atoms. The molecule has 4 aromatic heterocycles. The summed E-state index contributed by atoms with van der Waals surface area (Å²) in [5, 5.41) is 3.46. The lowest BCUT2D eigenvalue weighted by Gasteiger charge is -2.21. The lowest BCUT2D eigenvalue weighted by atomic mass is 9.84. The molecule has 0 unspecified atom stereocenters. The molecule has 1 N–H and O–H groups in total. The van der Waals surface area contributed by atoms with Gasteiger partial charge in [-0.25, -0.2) is 4.98 Å². The molecule has 0 radical (unpaired) electrons. The molecule has 7 aromatic rings. The Morgan fingerprint density at radius 2 is 1.38 bits per heavy atom. The largest absolute Gasteiger partial charge is 0.340 e. The van der Waals surface area contributed by atoms with Gasteiger partial charge in [-0.05, 0) is 65.1 Å². The first-order valence-corrected chi connectivity index (χ1v) is 13.7. The molecule has 0 saturated carbocycles. The first kappa shape index (κ1) is 24.1. The average Bonchev–Trinajstić information content (AvgIpc) is 3.58. The first-order valence-electron chi connectivity index (χ1n) is 13.7. The molecule has 4 heteroatoms. The van der Waals surface area contributed by atoms with Crippen LogP contribution in [0.2, 0.25) is 0 Å². The van der Waals surface area contributed by atoms with Crippen LogP contribution in [0.15, 0.2) is 122 Å². The van der Waals surface area contributed by atoms with E-state index in [9.17, 15) is 0 Å². The van der Waals surface area contributed by atoms with Crippen LogP contribution in [0.5, 0.6) is 0 Å². The van der Waals surface area contributed by atoms with Gasteiger partial charge in [0.25, 0.3) is 0 Å². The van der Waals surface area contributed by atoms with Crippen LogP contribution in [0.4, 0.5) is 0 Å². The summed E-state index contributed by atoms with van der Waals surface area (Å²) in [6.07, 6.45) is 3.96. The minimum absolute atomic E-state index is 0.0130. The van der Waals surface area contributed by atoms with Crippen molar-refractivity contribution in [2.75, 3.05) is 0 Å². The van der Waals surface area contributed by atoms with Gasteiger partial charge in [0.05, 0.1) is 17.1 Å². The molecule has 0 aliphatic heterocycles. The van der Waals surface area contributed by atoms with Crippen molar-refractivity contribution in [2.45, 2.75) is 26.2 Å². The molecule has 0 fully saturated rings. The van der Waals surface area contributed by atoms with E-state index in [1.54, 1.807) is 0 Å². The van der Waals surface area contributed by atoms with Crippen LogP contribution in [0, 0.1) is 0 Å². The third-order valence-electron chi connectivity index (χ3n) is 7.59. The fourth-order valence-corrected chi connectivity index (χ4v) is 5.42. The van der Waals surface area contributed by atoms with Crippen LogP contribution in [-0.2, 0) is 5.41 Å². The standard InChI is InChI=1S/C36H30N4/c1-36(2,3)28-22-26(31-15-9-10-19-37-31)21-27(23-28)32-17-16-25-18-20-40(34(25)38-32)35-30-14-8-7-13-29(30)33(39-35)24-11-5-4-6-12-24/h4-23,39H,1-3H3. The van der Waals surface area contributed by atoms with Gasteiger partial charge in [0.15, 0.2) is 0 Å². The van der Waals surface area contributed by atoms with Gasteiger partial charge < -0.3 is 4.98 Å². The van der Waals surface area contributed by atoms with E-state index in [2.05, 4.69) is 132 Å². The van der Waals surface area contributed by atoms with Crippen LogP contribution in [0.25, 0.3) is 61.4 Å². The summed E-state index contributed by atoms with van der Waals surface area (Å²) in [6, 6.07) is 38.2. The molecular weight excluding hydrogens is 488 g/mol. The molecule has 0 amide bonds. The van der Waals surface area contributed by atoms with Crippen molar-refractivity contribution in [3.63, 3.8) is 0 Å². The van der Waals surface area contributed by atoms with E-state index in [1.807, 2.05) is 24.4 Å².